The van der Waals surface area contributed by atoms with Crippen molar-refractivity contribution in [2.24, 2.45) is 11.0 Å². The first-order valence-corrected chi connectivity index (χ1v) is 7.78. The van der Waals surface area contributed by atoms with E-state index in [2.05, 4.69) is 17.3 Å². The van der Waals surface area contributed by atoms with Gasteiger partial charge in [-0.15, -0.1) is 5.01 Å². The van der Waals surface area contributed by atoms with Crippen LogP contribution in [-0.4, -0.2) is 28.7 Å². The Morgan fingerprint density at radius 3 is 2.64 bits per heavy atom. The molecule has 0 bridgehead atoms. The van der Waals surface area contributed by atoms with E-state index in [1.807, 2.05) is 31.2 Å². The zero-order valence-corrected chi connectivity index (χ0v) is 13.0. The fourth-order valence-corrected chi connectivity index (χ4v) is 3.16. The average Bonchev–Trinajstić information content (AvgIpc) is 2.73. The van der Waals surface area contributed by atoms with Crippen molar-refractivity contribution in [2.75, 3.05) is 0 Å². The summed E-state index contributed by atoms with van der Waals surface area (Å²) in [6, 6.07) is 7.32. The van der Waals surface area contributed by atoms with Crippen molar-refractivity contribution in [1.82, 2.24) is 10.3 Å². The van der Waals surface area contributed by atoms with Gasteiger partial charge in [-0.3, -0.25) is 4.79 Å². The first-order chi connectivity index (χ1) is 10.5. The number of hydrazone groups is 1. The summed E-state index contributed by atoms with van der Waals surface area (Å²) in [5, 5.41) is 7.98. The molecule has 2 fully saturated rings. The van der Waals surface area contributed by atoms with E-state index in [4.69, 9.17) is 0 Å². The lowest BCUT2D eigenvalue weighted by atomic mass is 9.77. The second-order valence-electron chi connectivity index (χ2n) is 6.41. The molecule has 1 aromatic carbocycles. The van der Waals surface area contributed by atoms with Crippen LogP contribution in [0.25, 0.3) is 0 Å². The molecule has 2 aliphatic rings. The quantitative estimate of drug-likeness (QED) is 0.674. The number of imide groups is 1. The van der Waals surface area contributed by atoms with Crippen LogP contribution in [0.1, 0.15) is 43.7 Å². The molecule has 1 saturated carbocycles. The van der Waals surface area contributed by atoms with Gasteiger partial charge in [-0.2, -0.15) is 5.10 Å². The summed E-state index contributed by atoms with van der Waals surface area (Å²) >= 11 is 0. The zero-order valence-electron chi connectivity index (χ0n) is 13.0. The SMILES string of the molecule is Cc1ccccc1/C=N/N1C(=O)NC2(CCC(C)CC2)C1=O. The molecule has 116 valence electrons. The summed E-state index contributed by atoms with van der Waals surface area (Å²) < 4.78 is 0. The molecule has 1 heterocycles. The van der Waals surface area contributed by atoms with E-state index in [-0.39, 0.29) is 5.91 Å². The van der Waals surface area contributed by atoms with E-state index in [1.165, 1.54) is 0 Å². The van der Waals surface area contributed by atoms with Crippen LogP contribution in [-0.2, 0) is 4.79 Å². The lowest BCUT2D eigenvalue weighted by Gasteiger charge is -2.33. The number of nitrogens with one attached hydrogen (secondary N) is 1. The molecule has 1 N–H and O–H groups in total. The van der Waals surface area contributed by atoms with Gasteiger partial charge >= 0.3 is 6.03 Å². The van der Waals surface area contributed by atoms with Gasteiger partial charge < -0.3 is 5.32 Å². The van der Waals surface area contributed by atoms with Crippen molar-refractivity contribution < 1.29 is 9.59 Å². The van der Waals surface area contributed by atoms with Gasteiger partial charge in [0, 0.05) is 0 Å². The van der Waals surface area contributed by atoms with Gasteiger partial charge in [0.2, 0.25) is 0 Å². The Labute approximate surface area is 130 Å². The minimum absolute atomic E-state index is 0.214. The highest BCUT2D eigenvalue weighted by molar-refractivity contribution is 6.07. The van der Waals surface area contributed by atoms with Gasteiger partial charge in [0.15, 0.2) is 0 Å². The number of nitrogens with zero attached hydrogens (tertiary/aromatic N) is 2. The second-order valence-corrected chi connectivity index (χ2v) is 6.41. The molecule has 0 unspecified atom stereocenters. The minimum Gasteiger partial charge on any atom is -0.321 e. The third-order valence-electron chi connectivity index (χ3n) is 4.77. The fraction of sp³-hybridized carbons (Fsp3) is 0.471. The summed E-state index contributed by atoms with van der Waals surface area (Å²) in [4.78, 5) is 24.8. The largest absolute Gasteiger partial charge is 0.346 e. The number of amides is 3. The van der Waals surface area contributed by atoms with Gasteiger partial charge in [-0.05, 0) is 49.7 Å². The fourth-order valence-electron chi connectivity index (χ4n) is 3.16. The Hall–Kier alpha value is -2.17. The van der Waals surface area contributed by atoms with E-state index < -0.39 is 11.6 Å². The molecule has 22 heavy (non-hydrogen) atoms. The molecule has 3 amide bonds. The Morgan fingerprint density at radius 2 is 1.95 bits per heavy atom. The number of urea groups is 1. The van der Waals surface area contributed by atoms with Gasteiger partial charge in [0.1, 0.15) is 5.54 Å². The third-order valence-corrected chi connectivity index (χ3v) is 4.77. The Balaban J connectivity index is 1.79. The van der Waals surface area contributed by atoms with Crippen LogP contribution in [0.5, 0.6) is 0 Å². The summed E-state index contributed by atoms with van der Waals surface area (Å²) in [7, 11) is 0. The minimum atomic E-state index is -0.729. The first kappa shape index (κ1) is 14.8. The van der Waals surface area contributed by atoms with Crippen LogP contribution in [0.3, 0.4) is 0 Å². The molecule has 3 rings (SSSR count). The number of rotatable bonds is 2. The lowest BCUT2D eigenvalue weighted by Crippen LogP contribution is -2.49. The standard InChI is InChI=1S/C17H21N3O2/c1-12-7-9-17(10-8-12)15(21)20(16(22)19-17)18-11-14-6-4-3-5-13(14)2/h3-6,11-12H,7-10H2,1-2H3,(H,19,22)/b18-11+. The number of carbonyl (C=O) groups is 2. The Bertz CT molecular complexity index is 631. The zero-order chi connectivity index (χ0) is 15.7. The summed E-state index contributed by atoms with van der Waals surface area (Å²) in [5.74, 6) is 0.397. The van der Waals surface area contributed by atoms with Crippen molar-refractivity contribution in [1.29, 1.82) is 0 Å². The maximum atomic E-state index is 12.6. The molecule has 1 saturated heterocycles. The topological polar surface area (TPSA) is 61.8 Å². The van der Waals surface area contributed by atoms with E-state index in [9.17, 15) is 9.59 Å². The molecule has 1 aromatic rings. The highest BCUT2D eigenvalue weighted by Crippen LogP contribution is 2.36. The molecular formula is C17H21N3O2. The highest BCUT2D eigenvalue weighted by Gasteiger charge is 2.52. The van der Waals surface area contributed by atoms with Gasteiger partial charge in [0.25, 0.3) is 5.91 Å². The number of aryl methyl sites for hydroxylation is 1. The van der Waals surface area contributed by atoms with Crippen LogP contribution in [0.2, 0.25) is 0 Å². The molecule has 0 atom stereocenters. The van der Waals surface area contributed by atoms with E-state index in [0.717, 1.165) is 29.0 Å². The van der Waals surface area contributed by atoms with Crippen LogP contribution >= 0.6 is 0 Å². The third kappa shape index (κ3) is 2.51. The second kappa shape index (κ2) is 5.55. The van der Waals surface area contributed by atoms with Gasteiger partial charge in [-0.1, -0.05) is 31.2 Å². The molecule has 0 aromatic heterocycles. The molecule has 1 aliphatic heterocycles. The number of hydrogen-bond acceptors (Lipinski definition) is 3. The van der Waals surface area contributed by atoms with E-state index in [1.54, 1.807) is 6.21 Å². The Kier molecular flexibility index (Phi) is 3.72. The number of benzene rings is 1. The normalized spacial score (nSPS) is 28.6. The lowest BCUT2D eigenvalue weighted by molar-refractivity contribution is -0.132. The monoisotopic (exact) mass is 299 g/mol. The van der Waals surface area contributed by atoms with E-state index in [0.29, 0.717) is 18.8 Å². The maximum Gasteiger partial charge on any atom is 0.346 e. The molecular weight excluding hydrogens is 278 g/mol. The summed E-state index contributed by atoms with van der Waals surface area (Å²) in [6.07, 6.45) is 4.91. The Morgan fingerprint density at radius 1 is 1.27 bits per heavy atom. The highest BCUT2D eigenvalue weighted by atomic mass is 16.2. The smallest absolute Gasteiger partial charge is 0.321 e. The average molecular weight is 299 g/mol. The van der Waals surface area contributed by atoms with Crippen molar-refractivity contribution in [3.63, 3.8) is 0 Å². The first-order valence-electron chi connectivity index (χ1n) is 7.78. The molecule has 0 radical (unpaired) electrons. The van der Waals surface area contributed by atoms with Crippen molar-refractivity contribution in [3.05, 3.63) is 35.4 Å². The summed E-state index contributed by atoms with van der Waals surface area (Å²) in [5.41, 5.74) is 1.23. The number of carbonyl (C=O) groups excluding carboxylic acids is 2. The molecule has 5 nitrogen and oxygen atoms in total. The molecule has 1 spiro atoms. The molecule has 1 aliphatic carbocycles. The van der Waals surface area contributed by atoms with Gasteiger partial charge in [-0.25, -0.2) is 4.79 Å². The van der Waals surface area contributed by atoms with E-state index >= 15 is 0 Å². The van der Waals surface area contributed by atoms with Crippen LogP contribution < -0.4 is 5.32 Å². The van der Waals surface area contributed by atoms with Crippen molar-refractivity contribution in [2.45, 2.75) is 45.1 Å². The molecule has 5 heteroatoms. The summed E-state index contributed by atoms with van der Waals surface area (Å²) in [6.45, 7) is 4.15. The van der Waals surface area contributed by atoms with Gasteiger partial charge in [0.05, 0.1) is 6.21 Å². The van der Waals surface area contributed by atoms with Crippen LogP contribution in [0.15, 0.2) is 29.4 Å². The number of hydrogen-bond donors (Lipinski definition) is 1. The predicted octanol–water partition coefficient (Wildman–Crippen LogP) is 2.83. The van der Waals surface area contributed by atoms with Crippen molar-refractivity contribution >= 4 is 18.2 Å². The van der Waals surface area contributed by atoms with Crippen molar-refractivity contribution in [3.8, 4) is 0 Å². The van der Waals surface area contributed by atoms with Crippen LogP contribution in [0, 0.1) is 12.8 Å². The predicted molar refractivity (Wildman–Crippen MR) is 84.5 cm³/mol. The maximum absolute atomic E-state index is 12.6. The van der Waals surface area contributed by atoms with Crippen LogP contribution in [0.4, 0.5) is 4.79 Å².